The van der Waals surface area contributed by atoms with Gasteiger partial charge in [-0.05, 0) is 56.2 Å². The summed E-state index contributed by atoms with van der Waals surface area (Å²) in [5.41, 5.74) is 2.81. The first kappa shape index (κ1) is 18.7. The first-order chi connectivity index (χ1) is 13.8. The summed E-state index contributed by atoms with van der Waals surface area (Å²) in [6.07, 6.45) is 5.69. The second-order valence-corrected chi connectivity index (χ2v) is 7.75. The summed E-state index contributed by atoms with van der Waals surface area (Å²) in [5, 5.41) is 14.6. The number of rotatable bonds is 7. The maximum absolute atomic E-state index is 12.4. The highest BCUT2D eigenvalue weighted by molar-refractivity contribution is 6.04. The lowest BCUT2D eigenvalue weighted by molar-refractivity contribution is 0.0949. The number of amides is 1. The van der Waals surface area contributed by atoms with Crippen LogP contribution in [0.1, 0.15) is 41.7 Å². The fourth-order valence-corrected chi connectivity index (χ4v) is 4.22. The maximum Gasteiger partial charge on any atom is 0.272 e. The van der Waals surface area contributed by atoms with E-state index in [1.54, 1.807) is 0 Å². The highest BCUT2D eigenvalue weighted by Gasteiger charge is 2.21. The van der Waals surface area contributed by atoms with Crippen LogP contribution in [0.2, 0.25) is 0 Å². The largest absolute Gasteiger partial charge is 0.351 e. The van der Waals surface area contributed by atoms with Crippen molar-refractivity contribution in [3.8, 4) is 0 Å². The van der Waals surface area contributed by atoms with Crippen molar-refractivity contribution in [3.05, 3.63) is 65.9 Å². The molecule has 0 spiro atoms. The molecule has 1 aromatic heterocycles. The topological polar surface area (TPSA) is 69.8 Å². The highest BCUT2D eigenvalue weighted by atomic mass is 16.1. The number of hydrogen-bond donors (Lipinski definition) is 3. The summed E-state index contributed by atoms with van der Waals surface area (Å²) in [6, 6.07) is 19.0. The van der Waals surface area contributed by atoms with Gasteiger partial charge >= 0.3 is 0 Å². The number of nitrogens with zero attached hydrogens (tertiary/aromatic N) is 1. The molecule has 1 fully saturated rings. The molecule has 0 aliphatic carbocycles. The van der Waals surface area contributed by atoms with E-state index in [1.807, 2.05) is 24.3 Å². The fourth-order valence-electron chi connectivity index (χ4n) is 4.22. The zero-order valence-electron chi connectivity index (χ0n) is 16.2. The van der Waals surface area contributed by atoms with Crippen molar-refractivity contribution in [1.82, 2.24) is 20.8 Å². The van der Waals surface area contributed by atoms with Gasteiger partial charge in [-0.2, -0.15) is 5.10 Å². The van der Waals surface area contributed by atoms with Crippen LogP contribution < -0.4 is 10.6 Å². The molecule has 1 amide bonds. The molecule has 2 aromatic carbocycles. The summed E-state index contributed by atoms with van der Waals surface area (Å²) in [5.74, 6) is 0.648. The molecule has 3 N–H and O–H groups in total. The first-order valence-corrected chi connectivity index (χ1v) is 10.3. The molecule has 1 aliphatic rings. The van der Waals surface area contributed by atoms with Crippen molar-refractivity contribution >= 4 is 16.8 Å². The van der Waals surface area contributed by atoms with Crippen LogP contribution in [0.4, 0.5) is 0 Å². The molecule has 2 heterocycles. The molecule has 28 heavy (non-hydrogen) atoms. The highest BCUT2D eigenvalue weighted by Crippen LogP contribution is 2.23. The number of H-pyrrole nitrogens is 1. The minimum absolute atomic E-state index is 0.101. The Balaban J connectivity index is 1.21. The van der Waals surface area contributed by atoms with Gasteiger partial charge < -0.3 is 10.6 Å². The summed E-state index contributed by atoms with van der Waals surface area (Å²) in [6.45, 7) is 1.77. The molecule has 4 rings (SSSR count). The van der Waals surface area contributed by atoms with Crippen LogP contribution in [0, 0.1) is 5.92 Å². The predicted molar refractivity (Wildman–Crippen MR) is 112 cm³/mol. The zero-order chi connectivity index (χ0) is 19.2. The van der Waals surface area contributed by atoms with Gasteiger partial charge in [-0.1, -0.05) is 48.5 Å². The Kier molecular flexibility index (Phi) is 6.02. The van der Waals surface area contributed by atoms with Gasteiger partial charge in [0.15, 0.2) is 5.69 Å². The third kappa shape index (κ3) is 4.60. The van der Waals surface area contributed by atoms with Gasteiger partial charge in [-0.3, -0.25) is 9.89 Å². The van der Waals surface area contributed by atoms with Crippen molar-refractivity contribution < 1.29 is 4.79 Å². The number of hydrogen-bond acceptors (Lipinski definition) is 3. The third-order valence-corrected chi connectivity index (χ3v) is 5.67. The molecule has 2 atom stereocenters. The summed E-state index contributed by atoms with van der Waals surface area (Å²) < 4.78 is 0. The maximum atomic E-state index is 12.4. The van der Waals surface area contributed by atoms with E-state index >= 15 is 0 Å². The molecule has 0 saturated carbocycles. The third-order valence-electron chi connectivity index (χ3n) is 5.67. The minimum Gasteiger partial charge on any atom is -0.351 e. The fraction of sp³-hybridized carbons (Fsp3) is 0.391. The zero-order valence-corrected chi connectivity index (χ0v) is 16.2. The van der Waals surface area contributed by atoms with Gasteiger partial charge in [0.2, 0.25) is 0 Å². The number of aromatic nitrogens is 2. The van der Waals surface area contributed by atoms with Crippen molar-refractivity contribution in [2.45, 2.75) is 38.1 Å². The van der Waals surface area contributed by atoms with Crippen molar-refractivity contribution in [2.24, 2.45) is 5.92 Å². The monoisotopic (exact) mass is 376 g/mol. The summed E-state index contributed by atoms with van der Waals surface area (Å²) >= 11 is 0. The van der Waals surface area contributed by atoms with Crippen LogP contribution in [0.15, 0.2) is 54.6 Å². The molecule has 5 heteroatoms. The molecular weight excluding hydrogens is 348 g/mol. The average molecular weight is 377 g/mol. The minimum atomic E-state index is -0.101. The molecule has 1 aliphatic heterocycles. The van der Waals surface area contributed by atoms with Gasteiger partial charge in [0, 0.05) is 18.0 Å². The Morgan fingerprint density at radius 2 is 1.93 bits per heavy atom. The molecule has 146 valence electrons. The smallest absolute Gasteiger partial charge is 0.272 e. The Morgan fingerprint density at radius 1 is 1.11 bits per heavy atom. The Bertz CT molecular complexity index is 905. The molecule has 1 saturated heterocycles. The normalized spacial score (nSPS) is 19.6. The van der Waals surface area contributed by atoms with Crippen LogP contribution in [0.25, 0.3) is 10.9 Å². The van der Waals surface area contributed by atoms with E-state index in [0.29, 0.717) is 18.3 Å². The SMILES string of the molecule is O=C(NCCCC1CC(Cc2ccccc2)CCN1)c1n[nH]c2ccccc12. The number of aromatic amines is 1. The summed E-state index contributed by atoms with van der Waals surface area (Å²) in [7, 11) is 0. The van der Waals surface area contributed by atoms with Gasteiger partial charge in [0.25, 0.3) is 5.91 Å². The van der Waals surface area contributed by atoms with Crippen LogP contribution in [-0.4, -0.2) is 35.2 Å². The van der Waals surface area contributed by atoms with Gasteiger partial charge in [0.05, 0.1) is 5.52 Å². The quantitative estimate of drug-likeness (QED) is 0.551. The number of carbonyl (C=O) groups is 1. The van der Waals surface area contributed by atoms with E-state index in [9.17, 15) is 4.79 Å². The van der Waals surface area contributed by atoms with E-state index in [2.05, 4.69) is 51.2 Å². The Hall–Kier alpha value is -2.66. The molecule has 2 unspecified atom stereocenters. The number of fused-ring (bicyclic) bond motifs is 1. The lowest BCUT2D eigenvalue weighted by Gasteiger charge is -2.30. The van der Waals surface area contributed by atoms with Crippen molar-refractivity contribution in [2.75, 3.05) is 13.1 Å². The van der Waals surface area contributed by atoms with Crippen LogP contribution in [0.3, 0.4) is 0 Å². The molecule has 0 bridgehead atoms. The number of nitrogens with one attached hydrogen (secondary N) is 3. The number of carbonyl (C=O) groups excluding carboxylic acids is 1. The van der Waals surface area contributed by atoms with E-state index in [4.69, 9.17) is 0 Å². The predicted octanol–water partition coefficient (Wildman–Crippen LogP) is 3.68. The first-order valence-electron chi connectivity index (χ1n) is 10.3. The molecule has 5 nitrogen and oxygen atoms in total. The second kappa shape index (κ2) is 9.02. The number of para-hydroxylation sites is 1. The molecule has 0 radical (unpaired) electrons. The van der Waals surface area contributed by atoms with E-state index in [0.717, 1.165) is 36.2 Å². The number of benzene rings is 2. The molecule has 3 aromatic rings. The van der Waals surface area contributed by atoms with Crippen LogP contribution in [0.5, 0.6) is 0 Å². The molecular formula is C23H28N4O. The van der Waals surface area contributed by atoms with Crippen LogP contribution in [-0.2, 0) is 6.42 Å². The second-order valence-electron chi connectivity index (χ2n) is 7.75. The van der Waals surface area contributed by atoms with Crippen LogP contribution >= 0.6 is 0 Å². The summed E-state index contributed by atoms with van der Waals surface area (Å²) in [4.78, 5) is 12.4. The van der Waals surface area contributed by atoms with Gasteiger partial charge in [-0.25, -0.2) is 0 Å². The van der Waals surface area contributed by atoms with Gasteiger partial charge in [-0.15, -0.1) is 0 Å². The lowest BCUT2D eigenvalue weighted by atomic mass is 9.86. The number of piperidine rings is 1. The Labute approximate surface area is 165 Å². The van der Waals surface area contributed by atoms with Crippen molar-refractivity contribution in [3.63, 3.8) is 0 Å². The van der Waals surface area contributed by atoms with E-state index in [-0.39, 0.29) is 5.91 Å². The van der Waals surface area contributed by atoms with E-state index in [1.165, 1.54) is 24.8 Å². The van der Waals surface area contributed by atoms with E-state index < -0.39 is 0 Å². The lowest BCUT2D eigenvalue weighted by Crippen LogP contribution is -2.39. The van der Waals surface area contributed by atoms with Gasteiger partial charge in [0.1, 0.15) is 0 Å². The van der Waals surface area contributed by atoms with Crippen molar-refractivity contribution in [1.29, 1.82) is 0 Å². The standard InChI is InChI=1S/C23H28N4O/c28-23(22-20-10-4-5-11-21(20)26-27-22)25-13-6-9-19-16-18(12-14-24-19)15-17-7-2-1-3-8-17/h1-5,7-8,10-11,18-19,24H,6,9,12-16H2,(H,25,28)(H,26,27). The Morgan fingerprint density at radius 3 is 2.82 bits per heavy atom. The average Bonchev–Trinajstić information content (AvgIpc) is 3.16.